The number of nitriles is 1. The third-order valence-electron chi connectivity index (χ3n) is 7.51. The third-order valence-corrected chi connectivity index (χ3v) is 7.51. The Hall–Kier alpha value is -3.13. The van der Waals surface area contributed by atoms with E-state index in [-0.39, 0.29) is 29.7 Å². The Morgan fingerprint density at radius 3 is 2.34 bits per heavy atom. The lowest BCUT2D eigenvalue weighted by atomic mass is 9.69. The molecule has 2 amide bonds. The fourth-order valence-electron chi connectivity index (χ4n) is 5.18. The number of likely N-dealkylation sites (tertiary alicyclic amines) is 1. The molecule has 5 nitrogen and oxygen atoms in total. The van der Waals surface area contributed by atoms with Crippen molar-refractivity contribution in [3.8, 4) is 6.07 Å². The van der Waals surface area contributed by atoms with Gasteiger partial charge in [0.25, 0.3) is 0 Å². The van der Waals surface area contributed by atoms with E-state index in [2.05, 4.69) is 44.3 Å². The molecule has 0 saturated carbocycles. The minimum atomic E-state index is -0.546. The first-order valence-electron chi connectivity index (χ1n) is 13.0. The molecule has 3 rings (SSSR count). The molecule has 1 fully saturated rings. The molecule has 5 heteroatoms. The molecule has 1 heterocycles. The smallest absolute Gasteiger partial charge is 0.242 e. The van der Waals surface area contributed by atoms with Crippen LogP contribution in [0, 0.1) is 17.2 Å². The van der Waals surface area contributed by atoms with Crippen LogP contribution in [-0.4, -0.2) is 35.8 Å². The highest BCUT2D eigenvalue weighted by Gasteiger charge is 2.36. The van der Waals surface area contributed by atoms with Gasteiger partial charge in [-0.25, -0.2) is 0 Å². The van der Waals surface area contributed by atoms with Gasteiger partial charge in [0.15, 0.2) is 0 Å². The lowest BCUT2D eigenvalue weighted by molar-refractivity contribution is -0.138. The monoisotopic (exact) mass is 473 g/mol. The molecular weight excluding hydrogens is 434 g/mol. The molecule has 1 saturated heterocycles. The van der Waals surface area contributed by atoms with Crippen molar-refractivity contribution in [2.24, 2.45) is 5.92 Å². The van der Waals surface area contributed by atoms with Gasteiger partial charge < -0.3 is 10.2 Å². The minimum Gasteiger partial charge on any atom is -0.354 e. The van der Waals surface area contributed by atoms with Crippen LogP contribution in [-0.2, 0) is 15.0 Å². The molecule has 0 bridgehead atoms. The second-order valence-corrected chi connectivity index (χ2v) is 10.1. The average Bonchev–Trinajstić information content (AvgIpc) is 3.38. The van der Waals surface area contributed by atoms with E-state index in [9.17, 15) is 14.9 Å². The first kappa shape index (κ1) is 26.5. The Morgan fingerprint density at radius 2 is 1.71 bits per heavy atom. The highest BCUT2D eigenvalue weighted by molar-refractivity contribution is 5.88. The van der Waals surface area contributed by atoms with E-state index in [0.29, 0.717) is 19.5 Å². The van der Waals surface area contributed by atoms with Crippen molar-refractivity contribution in [1.82, 2.24) is 10.2 Å². The van der Waals surface area contributed by atoms with E-state index < -0.39 is 5.41 Å². The zero-order chi connectivity index (χ0) is 25.3. The van der Waals surface area contributed by atoms with Crippen molar-refractivity contribution in [2.75, 3.05) is 13.1 Å². The second kappa shape index (κ2) is 12.5. The summed E-state index contributed by atoms with van der Waals surface area (Å²) in [4.78, 5) is 27.6. The third kappa shape index (κ3) is 6.51. The fourth-order valence-corrected chi connectivity index (χ4v) is 5.18. The maximum atomic E-state index is 13.0. The summed E-state index contributed by atoms with van der Waals surface area (Å²) in [6.07, 6.45) is 4.23. The Morgan fingerprint density at radius 1 is 1.06 bits per heavy atom. The highest BCUT2D eigenvalue weighted by Crippen LogP contribution is 2.37. The molecule has 0 aliphatic carbocycles. The first-order chi connectivity index (χ1) is 16.9. The quantitative estimate of drug-likeness (QED) is 0.433. The van der Waals surface area contributed by atoms with Crippen LogP contribution in [0.3, 0.4) is 0 Å². The van der Waals surface area contributed by atoms with Gasteiger partial charge in [-0.15, -0.1) is 0 Å². The molecular formula is C30H39N3O2. The molecule has 0 spiro atoms. The normalized spacial score (nSPS) is 18.0. The molecule has 1 N–H and O–H groups in total. The van der Waals surface area contributed by atoms with Crippen molar-refractivity contribution in [2.45, 2.75) is 76.7 Å². The Bertz CT molecular complexity index is 999. The number of amides is 2. The summed E-state index contributed by atoms with van der Waals surface area (Å²) in [6.45, 7) is 7.48. The minimum absolute atomic E-state index is 0.0468. The Balaban J connectivity index is 1.50. The van der Waals surface area contributed by atoms with Gasteiger partial charge >= 0.3 is 0 Å². The Labute approximate surface area is 210 Å². The molecule has 2 aromatic carbocycles. The summed E-state index contributed by atoms with van der Waals surface area (Å²) in [7, 11) is 0. The molecule has 0 aromatic heterocycles. The maximum absolute atomic E-state index is 13.0. The predicted molar refractivity (Wildman–Crippen MR) is 140 cm³/mol. The van der Waals surface area contributed by atoms with Crippen LogP contribution >= 0.6 is 0 Å². The van der Waals surface area contributed by atoms with Crippen LogP contribution in [0.15, 0.2) is 60.7 Å². The van der Waals surface area contributed by atoms with Crippen LogP contribution in [0.1, 0.15) is 76.3 Å². The Kier molecular flexibility index (Phi) is 9.48. The molecule has 1 aliphatic rings. The number of unbranched alkanes of at least 4 members (excludes halogenated alkanes) is 1. The van der Waals surface area contributed by atoms with E-state index in [1.165, 1.54) is 5.56 Å². The van der Waals surface area contributed by atoms with E-state index in [4.69, 9.17) is 0 Å². The number of benzene rings is 2. The van der Waals surface area contributed by atoms with Gasteiger partial charge in [0.2, 0.25) is 11.8 Å². The number of carbonyl (C=O) groups excluding carboxylic acids is 2. The van der Waals surface area contributed by atoms with Crippen LogP contribution in [0.5, 0.6) is 0 Å². The summed E-state index contributed by atoms with van der Waals surface area (Å²) in [6, 6.07) is 22.3. The summed E-state index contributed by atoms with van der Waals surface area (Å²) >= 11 is 0. The van der Waals surface area contributed by atoms with Gasteiger partial charge in [0.05, 0.1) is 11.5 Å². The number of nitrogens with one attached hydrogen (secondary N) is 1. The summed E-state index contributed by atoms with van der Waals surface area (Å²) in [5.41, 5.74) is 1.69. The number of nitrogens with zero attached hydrogens (tertiary/aromatic N) is 2. The first-order valence-corrected chi connectivity index (χ1v) is 13.0. The van der Waals surface area contributed by atoms with E-state index in [1.807, 2.05) is 48.5 Å². The van der Waals surface area contributed by atoms with Crippen molar-refractivity contribution in [3.05, 3.63) is 71.8 Å². The summed E-state index contributed by atoms with van der Waals surface area (Å²) < 4.78 is 0. The molecule has 0 radical (unpaired) electrons. The van der Waals surface area contributed by atoms with Gasteiger partial charge in [-0.1, -0.05) is 87.9 Å². The topological polar surface area (TPSA) is 73.2 Å². The van der Waals surface area contributed by atoms with E-state index in [0.717, 1.165) is 37.7 Å². The number of rotatable bonds is 11. The summed E-state index contributed by atoms with van der Waals surface area (Å²) in [5, 5.41) is 13.1. The average molecular weight is 474 g/mol. The molecule has 35 heavy (non-hydrogen) atoms. The second-order valence-electron chi connectivity index (χ2n) is 10.1. The standard InChI is InChI=1S/C30H39N3O2/c1-23(2)30(22-31,26-15-8-5-9-16-26)19-11-10-18-28(34)33-20-12-17-27(33)29(35)32-21-24(3)25-13-6-4-7-14-25/h4-9,13-16,23-24,27H,10-12,17-21H2,1-3H3,(H,32,35)/t24?,27-,30?/m1/s1. The van der Waals surface area contributed by atoms with Crippen molar-refractivity contribution in [1.29, 1.82) is 5.26 Å². The van der Waals surface area contributed by atoms with Gasteiger partial charge in [-0.05, 0) is 48.6 Å². The fraction of sp³-hybridized carbons (Fsp3) is 0.500. The summed E-state index contributed by atoms with van der Waals surface area (Å²) in [5.74, 6) is 0.392. The lowest BCUT2D eigenvalue weighted by Gasteiger charge is -2.31. The lowest BCUT2D eigenvalue weighted by Crippen LogP contribution is -2.46. The van der Waals surface area contributed by atoms with Crippen molar-refractivity contribution in [3.63, 3.8) is 0 Å². The van der Waals surface area contributed by atoms with Gasteiger partial charge in [0.1, 0.15) is 6.04 Å². The molecule has 3 atom stereocenters. The van der Waals surface area contributed by atoms with Crippen LogP contribution in [0.25, 0.3) is 0 Å². The van der Waals surface area contributed by atoms with Crippen LogP contribution in [0.4, 0.5) is 0 Å². The molecule has 186 valence electrons. The number of hydrogen-bond acceptors (Lipinski definition) is 3. The zero-order valence-electron chi connectivity index (χ0n) is 21.4. The zero-order valence-corrected chi connectivity index (χ0v) is 21.4. The van der Waals surface area contributed by atoms with Crippen LogP contribution < -0.4 is 5.32 Å². The highest BCUT2D eigenvalue weighted by atomic mass is 16.2. The van der Waals surface area contributed by atoms with Gasteiger partial charge in [-0.2, -0.15) is 5.26 Å². The molecule has 2 aromatic rings. The van der Waals surface area contributed by atoms with Gasteiger partial charge in [-0.3, -0.25) is 9.59 Å². The van der Waals surface area contributed by atoms with Crippen LogP contribution in [0.2, 0.25) is 0 Å². The largest absolute Gasteiger partial charge is 0.354 e. The molecule has 1 aliphatic heterocycles. The van der Waals surface area contributed by atoms with Crippen molar-refractivity contribution < 1.29 is 9.59 Å². The SMILES string of the molecule is CC(CNC(=O)[C@H]1CCCN1C(=O)CCCCC(C#N)(c1ccccc1)C(C)C)c1ccccc1. The number of carbonyl (C=O) groups is 2. The number of hydrogen-bond donors (Lipinski definition) is 1. The van der Waals surface area contributed by atoms with Gasteiger partial charge in [0, 0.05) is 19.5 Å². The van der Waals surface area contributed by atoms with Crippen molar-refractivity contribution >= 4 is 11.8 Å². The van der Waals surface area contributed by atoms with E-state index in [1.54, 1.807) is 4.90 Å². The molecule has 2 unspecified atom stereocenters. The predicted octanol–water partition coefficient (Wildman–Crippen LogP) is 5.58. The maximum Gasteiger partial charge on any atom is 0.242 e. The van der Waals surface area contributed by atoms with E-state index >= 15 is 0 Å².